The van der Waals surface area contributed by atoms with Gasteiger partial charge in [0.05, 0.1) is 22.8 Å². The van der Waals surface area contributed by atoms with Crippen LogP contribution in [0.1, 0.15) is 29.8 Å². The lowest BCUT2D eigenvalue weighted by molar-refractivity contribution is -0.148. The second-order valence-electron chi connectivity index (χ2n) is 6.68. The highest BCUT2D eigenvalue weighted by Gasteiger charge is 2.31. The summed E-state index contributed by atoms with van der Waals surface area (Å²) in [4.78, 5) is 40.6. The maximum atomic E-state index is 12.3. The van der Waals surface area contributed by atoms with Crippen molar-refractivity contribution in [1.82, 2.24) is 4.72 Å². The van der Waals surface area contributed by atoms with Crippen LogP contribution in [0.5, 0.6) is 0 Å². The minimum atomic E-state index is -3.74. The Bertz CT molecular complexity index is 1190. The van der Waals surface area contributed by atoms with Gasteiger partial charge in [-0.3, -0.25) is 14.5 Å². The van der Waals surface area contributed by atoms with Gasteiger partial charge in [0.1, 0.15) is 11.9 Å². The molecule has 1 aliphatic rings. The number of aliphatic imine (C=N–C) groups is 1. The molecule has 0 aliphatic carbocycles. The summed E-state index contributed by atoms with van der Waals surface area (Å²) in [5.41, 5.74) is 0.735. The Kier molecular flexibility index (Phi) is 6.89. The number of fused-ring (bicyclic) bond motifs is 1. The SMILES string of the molecule is CCOC(=O)c1ccccc1NC(=O)COC(=O)C(C)N=C1NS(=O)(=O)c2ccccc21. The number of hydrogen-bond donors (Lipinski definition) is 2. The zero-order chi connectivity index (χ0) is 23.3. The third-order valence-electron chi connectivity index (χ3n) is 4.37. The molecule has 168 valence electrons. The van der Waals surface area contributed by atoms with Crippen LogP contribution in [0.3, 0.4) is 0 Å². The van der Waals surface area contributed by atoms with Gasteiger partial charge in [0.15, 0.2) is 6.61 Å². The summed E-state index contributed by atoms with van der Waals surface area (Å²) in [6.45, 7) is 2.64. The van der Waals surface area contributed by atoms with Gasteiger partial charge in [0, 0.05) is 5.56 Å². The van der Waals surface area contributed by atoms with E-state index in [1.165, 1.54) is 25.1 Å². The van der Waals surface area contributed by atoms with E-state index in [9.17, 15) is 22.8 Å². The van der Waals surface area contributed by atoms with Crippen molar-refractivity contribution in [3.05, 3.63) is 59.7 Å². The maximum absolute atomic E-state index is 12.3. The predicted molar refractivity (Wildman–Crippen MR) is 115 cm³/mol. The molecule has 0 bridgehead atoms. The first kappa shape index (κ1) is 22.9. The van der Waals surface area contributed by atoms with Crippen molar-refractivity contribution in [3.8, 4) is 0 Å². The van der Waals surface area contributed by atoms with Gasteiger partial charge < -0.3 is 14.8 Å². The number of benzene rings is 2. The Hall–Kier alpha value is -3.73. The number of carbonyl (C=O) groups is 3. The monoisotopic (exact) mass is 459 g/mol. The number of rotatable bonds is 7. The summed E-state index contributed by atoms with van der Waals surface area (Å²) in [5, 5.41) is 2.50. The van der Waals surface area contributed by atoms with E-state index in [0.29, 0.717) is 5.56 Å². The first-order valence-corrected chi connectivity index (χ1v) is 11.1. The van der Waals surface area contributed by atoms with Crippen LogP contribution in [-0.2, 0) is 29.1 Å². The number of nitrogens with zero attached hydrogens (tertiary/aromatic N) is 1. The second kappa shape index (κ2) is 9.60. The van der Waals surface area contributed by atoms with E-state index in [0.717, 1.165) is 0 Å². The van der Waals surface area contributed by atoms with E-state index in [1.54, 1.807) is 37.3 Å². The molecule has 1 aliphatic heterocycles. The van der Waals surface area contributed by atoms with Crippen molar-refractivity contribution in [2.24, 2.45) is 4.99 Å². The Labute approximate surface area is 184 Å². The normalized spacial score (nSPS) is 15.9. The van der Waals surface area contributed by atoms with Gasteiger partial charge in [0.2, 0.25) is 0 Å². The Morgan fingerprint density at radius 3 is 2.50 bits per heavy atom. The summed E-state index contributed by atoms with van der Waals surface area (Å²) < 4.78 is 36.5. The third kappa shape index (κ3) is 5.11. The summed E-state index contributed by atoms with van der Waals surface area (Å²) in [6.07, 6.45) is 0. The van der Waals surface area contributed by atoms with Crippen LogP contribution in [0.2, 0.25) is 0 Å². The standard InChI is InChI=1S/C21H21N3O7S/c1-3-30-21(27)14-8-4-6-10-16(14)23-18(25)12-31-20(26)13(2)22-19-15-9-5-7-11-17(15)32(28,29)24-19/h4-11,13H,3,12H2,1-2H3,(H,22,24)(H,23,25). The highest BCUT2D eigenvalue weighted by atomic mass is 32.2. The fraction of sp³-hybridized carbons (Fsp3) is 0.238. The number of carbonyl (C=O) groups excluding carboxylic acids is 3. The van der Waals surface area contributed by atoms with Crippen molar-refractivity contribution in [1.29, 1.82) is 0 Å². The molecule has 1 amide bonds. The van der Waals surface area contributed by atoms with Crippen LogP contribution in [0.15, 0.2) is 58.4 Å². The molecule has 2 aromatic carbocycles. The van der Waals surface area contributed by atoms with Crippen LogP contribution in [-0.4, -0.2) is 51.4 Å². The third-order valence-corrected chi connectivity index (χ3v) is 5.77. The zero-order valence-corrected chi connectivity index (χ0v) is 18.1. The molecule has 0 saturated carbocycles. The highest BCUT2D eigenvalue weighted by Crippen LogP contribution is 2.22. The van der Waals surface area contributed by atoms with Gasteiger partial charge in [0.25, 0.3) is 15.9 Å². The molecular formula is C21H21N3O7S. The fourth-order valence-electron chi connectivity index (χ4n) is 2.90. The molecule has 0 radical (unpaired) electrons. The molecule has 2 N–H and O–H groups in total. The minimum Gasteiger partial charge on any atom is -0.462 e. The van der Waals surface area contributed by atoms with Crippen LogP contribution in [0.4, 0.5) is 5.69 Å². The van der Waals surface area contributed by atoms with E-state index in [1.807, 2.05) is 0 Å². The van der Waals surface area contributed by atoms with Crippen molar-refractivity contribution in [2.75, 3.05) is 18.5 Å². The Morgan fingerprint density at radius 2 is 1.75 bits per heavy atom. The summed E-state index contributed by atoms with van der Waals surface area (Å²) in [5.74, 6) is -2.06. The zero-order valence-electron chi connectivity index (χ0n) is 17.3. The maximum Gasteiger partial charge on any atom is 0.340 e. The molecule has 2 aromatic rings. The van der Waals surface area contributed by atoms with Crippen LogP contribution in [0.25, 0.3) is 0 Å². The van der Waals surface area contributed by atoms with Gasteiger partial charge in [-0.15, -0.1) is 0 Å². The van der Waals surface area contributed by atoms with Crippen molar-refractivity contribution >= 4 is 39.4 Å². The molecule has 3 rings (SSSR count). The molecule has 10 nitrogen and oxygen atoms in total. The average Bonchev–Trinajstić information content (AvgIpc) is 3.02. The lowest BCUT2D eigenvalue weighted by Crippen LogP contribution is -2.29. The molecule has 1 atom stereocenters. The fourth-order valence-corrected chi connectivity index (χ4v) is 4.14. The molecule has 0 fully saturated rings. The van der Waals surface area contributed by atoms with Gasteiger partial charge in [-0.2, -0.15) is 0 Å². The van der Waals surface area contributed by atoms with Gasteiger partial charge >= 0.3 is 11.9 Å². The quantitative estimate of drug-likeness (QED) is 0.598. The summed E-state index contributed by atoms with van der Waals surface area (Å²) >= 11 is 0. The smallest absolute Gasteiger partial charge is 0.340 e. The first-order valence-electron chi connectivity index (χ1n) is 9.65. The lowest BCUT2D eigenvalue weighted by atomic mass is 10.2. The number of ether oxygens (including phenoxy) is 2. The molecule has 0 spiro atoms. The van der Waals surface area contributed by atoms with Crippen molar-refractivity contribution < 1.29 is 32.3 Å². The van der Waals surface area contributed by atoms with Gasteiger partial charge in [-0.05, 0) is 38.1 Å². The second-order valence-corrected chi connectivity index (χ2v) is 8.33. The number of hydrogen-bond acceptors (Lipinski definition) is 8. The topological polar surface area (TPSA) is 140 Å². The summed E-state index contributed by atoms with van der Waals surface area (Å²) in [7, 11) is -3.74. The lowest BCUT2D eigenvalue weighted by Gasteiger charge is -2.11. The number of amidine groups is 1. The van der Waals surface area contributed by atoms with Crippen LogP contribution >= 0.6 is 0 Å². The van der Waals surface area contributed by atoms with E-state index in [2.05, 4.69) is 15.0 Å². The number of para-hydroxylation sites is 1. The van der Waals surface area contributed by atoms with E-state index in [4.69, 9.17) is 9.47 Å². The number of anilines is 1. The first-order chi connectivity index (χ1) is 15.2. The van der Waals surface area contributed by atoms with E-state index >= 15 is 0 Å². The number of nitrogens with one attached hydrogen (secondary N) is 2. The Balaban J connectivity index is 1.62. The molecule has 1 heterocycles. The summed E-state index contributed by atoms with van der Waals surface area (Å²) in [6, 6.07) is 11.4. The van der Waals surface area contributed by atoms with E-state index < -0.39 is 40.5 Å². The average molecular weight is 459 g/mol. The highest BCUT2D eigenvalue weighted by molar-refractivity contribution is 7.90. The van der Waals surface area contributed by atoms with Gasteiger partial charge in [-0.1, -0.05) is 24.3 Å². The van der Waals surface area contributed by atoms with Gasteiger partial charge in [-0.25, -0.2) is 18.0 Å². The molecule has 0 aromatic heterocycles. The van der Waals surface area contributed by atoms with E-state index in [-0.39, 0.29) is 28.6 Å². The molecule has 1 unspecified atom stereocenters. The molecular weight excluding hydrogens is 438 g/mol. The van der Waals surface area contributed by atoms with Crippen molar-refractivity contribution in [3.63, 3.8) is 0 Å². The van der Waals surface area contributed by atoms with Crippen molar-refractivity contribution in [2.45, 2.75) is 24.8 Å². The van der Waals surface area contributed by atoms with Crippen LogP contribution < -0.4 is 10.0 Å². The predicted octanol–water partition coefficient (Wildman–Crippen LogP) is 1.47. The molecule has 11 heteroatoms. The molecule has 32 heavy (non-hydrogen) atoms. The minimum absolute atomic E-state index is 0.0258. The largest absolute Gasteiger partial charge is 0.462 e. The number of sulfonamides is 1. The van der Waals surface area contributed by atoms with Crippen LogP contribution in [0, 0.1) is 0 Å². The number of amides is 1. The number of esters is 2. The molecule has 0 saturated heterocycles. The Morgan fingerprint density at radius 1 is 1.06 bits per heavy atom.